The first-order chi connectivity index (χ1) is 14.2. The second-order valence-electron chi connectivity index (χ2n) is 7.68. The second-order valence-corrected chi connectivity index (χ2v) is 7.95. The first-order valence-electron chi connectivity index (χ1n) is 10.5. The monoisotopic (exact) mass is 435 g/mol. The van der Waals surface area contributed by atoms with E-state index < -0.39 is 5.41 Å². The van der Waals surface area contributed by atoms with Crippen LogP contribution in [0.2, 0.25) is 0 Å². The highest BCUT2D eigenvalue weighted by molar-refractivity contribution is 6.17. The molecule has 1 rings (SSSR count). The molecule has 1 N–H and O–H groups in total. The predicted octanol–water partition coefficient (Wildman–Crippen LogP) is 4.72. The van der Waals surface area contributed by atoms with E-state index in [2.05, 4.69) is 53.4 Å². The van der Waals surface area contributed by atoms with Crippen molar-refractivity contribution >= 4 is 29.9 Å². The predicted molar refractivity (Wildman–Crippen MR) is 128 cm³/mol. The number of allylic oxidation sites excluding steroid dienone is 1. The first-order valence-corrected chi connectivity index (χ1v) is 11.0. The Labute approximate surface area is 187 Å². The number of Topliss-reactive ketones (excluding diaryl/α,β-unsaturated/α-hetero) is 1. The van der Waals surface area contributed by atoms with Crippen molar-refractivity contribution < 1.29 is 4.79 Å². The Balaban J connectivity index is 0.000000604. The summed E-state index contributed by atoms with van der Waals surface area (Å²) in [6.07, 6.45) is 4.23. The van der Waals surface area contributed by atoms with Crippen LogP contribution in [0, 0.1) is 16.7 Å². The number of alkyl halides is 1. The maximum atomic E-state index is 11.2. The van der Waals surface area contributed by atoms with Crippen molar-refractivity contribution in [1.82, 2.24) is 10.2 Å². The molecule has 7 heteroatoms. The van der Waals surface area contributed by atoms with Gasteiger partial charge in [-0.1, -0.05) is 32.4 Å². The van der Waals surface area contributed by atoms with Gasteiger partial charge in [-0.05, 0) is 66.4 Å². The van der Waals surface area contributed by atoms with Crippen LogP contribution in [0.25, 0.3) is 0 Å². The Hall–Kier alpha value is -1.97. The van der Waals surface area contributed by atoms with Crippen LogP contribution >= 0.6 is 11.6 Å². The molecule has 0 atom stereocenters. The number of aliphatic imine (C=N–C) groups is 2. The van der Waals surface area contributed by atoms with Gasteiger partial charge in [-0.2, -0.15) is 5.26 Å². The van der Waals surface area contributed by atoms with Gasteiger partial charge in [0.25, 0.3) is 0 Å². The molecular formula is C23H38ClN5O. The molecule has 0 spiro atoms. The van der Waals surface area contributed by atoms with E-state index in [9.17, 15) is 4.79 Å². The molecule has 1 aliphatic rings. The molecule has 1 aliphatic heterocycles. The maximum Gasteiger partial charge on any atom is 0.151 e. The fourth-order valence-corrected chi connectivity index (χ4v) is 3.34. The molecule has 6 nitrogen and oxygen atoms in total. The lowest BCUT2D eigenvalue weighted by Gasteiger charge is -2.33. The highest BCUT2D eigenvalue weighted by atomic mass is 35.5. The van der Waals surface area contributed by atoms with Crippen molar-refractivity contribution in [3.8, 4) is 6.07 Å². The van der Waals surface area contributed by atoms with Crippen molar-refractivity contribution in [2.45, 2.75) is 59.8 Å². The molecule has 1 heterocycles. The Morgan fingerprint density at radius 2 is 1.90 bits per heavy atom. The third-order valence-electron chi connectivity index (χ3n) is 5.14. The van der Waals surface area contributed by atoms with Gasteiger partial charge in [-0.25, -0.2) is 4.99 Å². The van der Waals surface area contributed by atoms with Crippen molar-refractivity contribution in [1.29, 1.82) is 5.26 Å². The Kier molecular flexibility index (Phi) is 13.9. The van der Waals surface area contributed by atoms with Gasteiger partial charge in [0.05, 0.1) is 18.6 Å². The van der Waals surface area contributed by atoms with Gasteiger partial charge in [-0.3, -0.25) is 9.79 Å². The zero-order valence-electron chi connectivity index (χ0n) is 19.4. The molecule has 1 fully saturated rings. The fourth-order valence-electron chi connectivity index (χ4n) is 3.18. The number of hydrogen-bond donors (Lipinski definition) is 1. The summed E-state index contributed by atoms with van der Waals surface area (Å²) in [6, 6.07) is 2.55. The zero-order chi connectivity index (χ0) is 23.2. The fraction of sp³-hybridized carbons (Fsp3) is 0.652. The Morgan fingerprint density at radius 3 is 2.27 bits per heavy atom. The summed E-state index contributed by atoms with van der Waals surface area (Å²) in [7, 11) is 2.02. The highest BCUT2D eigenvalue weighted by Crippen LogP contribution is 2.30. The summed E-state index contributed by atoms with van der Waals surface area (Å²) in [5, 5.41) is 12.1. The van der Waals surface area contributed by atoms with E-state index in [0.29, 0.717) is 31.2 Å². The molecule has 1 saturated heterocycles. The Bertz CT molecular complexity index is 674. The number of ketones is 1. The highest BCUT2D eigenvalue weighted by Gasteiger charge is 2.38. The molecule has 0 bridgehead atoms. The van der Waals surface area contributed by atoms with E-state index >= 15 is 0 Å². The molecule has 0 aromatic rings. The van der Waals surface area contributed by atoms with Crippen molar-refractivity contribution in [3.63, 3.8) is 0 Å². The van der Waals surface area contributed by atoms with Crippen LogP contribution in [0.3, 0.4) is 0 Å². The van der Waals surface area contributed by atoms with Gasteiger partial charge in [0.2, 0.25) is 0 Å². The molecular weight excluding hydrogens is 398 g/mol. The third-order valence-corrected chi connectivity index (χ3v) is 5.28. The van der Waals surface area contributed by atoms with Gasteiger partial charge in [0, 0.05) is 11.3 Å². The number of nitrogens with one attached hydrogen (secondary N) is 1. The van der Waals surface area contributed by atoms with Crippen LogP contribution in [-0.2, 0) is 4.79 Å². The number of amidine groups is 1. The number of carbonyl (C=O) groups is 1. The van der Waals surface area contributed by atoms with E-state index in [4.69, 9.17) is 16.9 Å². The zero-order valence-corrected chi connectivity index (χ0v) is 20.1. The topological polar surface area (TPSA) is 80.8 Å². The quantitative estimate of drug-likeness (QED) is 0.187. The summed E-state index contributed by atoms with van der Waals surface area (Å²) in [4.78, 5) is 21.8. The molecule has 0 aromatic carbocycles. The van der Waals surface area contributed by atoms with E-state index in [-0.39, 0.29) is 5.78 Å². The first kappa shape index (κ1) is 28.0. The molecule has 0 saturated carbocycles. The summed E-state index contributed by atoms with van der Waals surface area (Å²) >= 11 is 5.76. The number of halogens is 1. The minimum atomic E-state index is -0.674. The number of nitrogens with zero attached hydrogens (tertiary/aromatic N) is 4. The van der Waals surface area contributed by atoms with Crippen LogP contribution in [-0.4, -0.2) is 55.9 Å². The van der Waals surface area contributed by atoms with Gasteiger partial charge in [0.15, 0.2) is 5.84 Å². The lowest BCUT2D eigenvalue weighted by atomic mass is 9.77. The molecule has 0 aliphatic carbocycles. The summed E-state index contributed by atoms with van der Waals surface area (Å²) in [6.45, 7) is 17.4. The largest absolute Gasteiger partial charge is 0.375 e. The average molecular weight is 436 g/mol. The summed E-state index contributed by atoms with van der Waals surface area (Å²) in [5.74, 6) is 0.722. The molecule has 0 unspecified atom stereocenters. The van der Waals surface area contributed by atoms with Gasteiger partial charge < -0.3 is 10.2 Å². The Morgan fingerprint density at radius 1 is 1.30 bits per heavy atom. The number of piperidine rings is 1. The maximum absolute atomic E-state index is 11.2. The summed E-state index contributed by atoms with van der Waals surface area (Å²) in [5.41, 5.74) is 2.54. The SMILES string of the molecule is C=NC(=NCC(=C)C)/C(CC)=C(/CCC)NCCl.CC(=O)C1(C#N)CCN(C)CC1. The van der Waals surface area contributed by atoms with E-state index in [0.717, 1.165) is 49.2 Å². The average Bonchev–Trinajstić information content (AvgIpc) is 2.72. The lowest BCUT2D eigenvalue weighted by molar-refractivity contribution is -0.125. The number of hydrogen-bond acceptors (Lipinski definition) is 5. The van der Waals surface area contributed by atoms with Crippen LogP contribution < -0.4 is 5.32 Å². The number of carbonyl (C=O) groups excluding carboxylic acids is 1. The number of rotatable bonds is 9. The number of likely N-dealkylation sites (tertiary alicyclic amines) is 1. The van der Waals surface area contributed by atoms with E-state index in [1.807, 2.05) is 14.0 Å². The molecule has 30 heavy (non-hydrogen) atoms. The minimum absolute atomic E-state index is 0.0260. The van der Waals surface area contributed by atoms with Gasteiger partial charge >= 0.3 is 0 Å². The van der Waals surface area contributed by atoms with Gasteiger partial charge in [0.1, 0.15) is 11.2 Å². The van der Waals surface area contributed by atoms with Crippen LogP contribution in [0.4, 0.5) is 0 Å². The van der Waals surface area contributed by atoms with E-state index in [1.165, 1.54) is 6.92 Å². The van der Waals surface area contributed by atoms with E-state index in [1.54, 1.807) is 0 Å². The lowest BCUT2D eigenvalue weighted by Crippen LogP contribution is -2.41. The van der Waals surface area contributed by atoms with Crippen LogP contribution in [0.5, 0.6) is 0 Å². The van der Waals surface area contributed by atoms with Gasteiger partial charge in [-0.15, -0.1) is 11.6 Å². The van der Waals surface area contributed by atoms with Crippen LogP contribution in [0.15, 0.2) is 33.4 Å². The molecule has 168 valence electrons. The molecule has 0 aromatic heterocycles. The normalized spacial score (nSPS) is 17.0. The molecule has 0 radical (unpaired) electrons. The van der Waals surface area contributed by atoms with Crippen LogP contribution in [0.1, 0.15) is 59.8 Å². The smallest absolute Gasteiger partial charge is 0.151 e. The third kappa shape index (κ3) is 9.23. The van der Waals surface area contributed by atoms with Crippen molar-refractivity contribution in [2.75, 3.05) is 32.7 Å². The standard InChI is InChI=1S/C14H24ClN3.C9H14N2O/c1-6-8-13(18-10-15)12(7-2)14(16-5)17-9-11(3)4;1-8(12)9(7-10)3-5-11(2)6-4-9/h18H,3,5-10H2,1-2,4H3;3-6H2,1-2H3/b13-12-,17-14?;. The van der Waals surface area contributed by atoms with Crippen molar-refractivity contribution in [3.05, 3.63) is 23.4 Å². The second kappa shape index (κ2) is 14.9. The minimum Gasteiger partial charge on any atom is -0.375 e. The summed E-state index contributed by atoms with van der Waals surface area (Å²) < 4.78 is 0. The van der Waals surface area contributed by atoms with Crippen molar-refractivity contribution in [2.24, 2.45) is 15.4 Å². The molecule has 0 amide bonds. The number of nitriles is 1.